The molecule has 9 heteroatoms. The summed E-state index contributed by atoms with van der Waals surface area (Å²) in [5.74, 6) is -1.47. The Bertz CT molecular complexity index is 924. The third-order valence-electron chi connectivity index (χ3n) is 4.21. The van der Waals surface area contributed by atoms with Crippen LogP contribution in [-0.2, 0) is 14.4 Å². The molecule has 1 atom stereocenters. The largest absolute Gasteiger partial charge is 0.478 e. The van der Waals surface area contributed by atoms with E-state index in [0.29, 0.717) is 5.75 Å². The van der Waals surface area contributed by atoms with Crippen LogP contribution in [0.1, 0.15) is 13.3 Å². The highest BCUT2D eigenvalue weighted by Crippen LogP contribution is 2.34. The maximum atomic E-state index is 13.6. The fourth-order valence-electron chi connectivity index (χ4n) is 2.69. The average molecular weight is 417 g/mol. The van der Waals surface area contributed by atoms with Crippen molar-refractivity contribution in [3.05, 3.63) is 54.3 Å². The van der Waals surface area contributed by atoms with Crippen LogP contribution in [0.15, 0.2) is 53.4 Å². The van der Waals surface area contributed by atoms with E-state index < -0.39 is 23.7 Å². The minimum absolute atomic E-state index is 0.00751. The van der Waals surface area contributed by atoms with Gasteiger partial charge in [0.15, 0.2) is 17.7 Å². The van der Waals surface area contributed by atoms with Crippen molar-refractivity contribution in [2.24, 2.45) is 0 Å². The number of nitrogens with zero attached hydrogens (tertiary/aromatic N) is 1. The number of benzene rings is 2. The second kappa shape index (κ2) is 9.42. The summed E-state index contributed by atoms with van der Waals surface area (Å²) in [6, 6.07) is 13.2. The van der Waals surface area contributed by atoms with Crippen LogP contribution in [0.4, 0.5) is 10.1 Å². The molecule has 0 fully saturated rings. The molecule has 2 aromatic rings. The van der Waals surface area contributed by atoms with Crippen molar-refractivity contribution < 1.29 is 23.5 Å². The number of para-hydroxylation sites is 2. The average Bonchev–Trinajstić information content (AvgIpc) is 2.72. The normalized spacial score (nSPS) is 14.0. The van der Waals surface area contributed by atoms with Crippen molar-refractivity contribution in [3.8, 4) is 5.75 Å². The number of ether oxygens (including phenoxy) is 1. The van der Waals surface area contributed by atoms with Gasteiger partial charge in [0.25, 0.3) is 5.91 Å². The summed E-state index contributed by atoms with van der Waals surface area (Å²) in [5, 5.41) is 0. The summed E-state index contributed by atoms with van der Waals surface area (Å²) < 4.78 is 18.8. The van der Waals surface area contributed by atoms with Gasteiger partial charge in [-0.05, 0) is 31.2 Å². The lowest BCUT2D eigenvalue weighted by Crippen LogP contribution is -2.48. The SMILES string of the molecule is C[C@@H](Oc1ccccc1F)C(=O)NNC(=O)CCN1C(=O)CSc2ccccc21. The second-order valence-electron chi connectivity index (χ2n) is 6.28. The van der Waals surface area contributed by atoms with Crippen LogP contribution in [0.2, 0.25) is 0 Å². The molecular weight excluding hydrogens is 397 g/mol. The molecule has 152 valence electrons. The van der Waals surface area contributed by atoms with Gasteiger partial charge in [-0.1, -0.05) is 24.3 Å². The zero-order valence-electron chi connectivity index (χ0n) is 15.7. The van der Waals surface area contributed by atoms with Gasteiger partial charge in [-0.15, -0.1) is 11.8 Å². The van der Waals surface area contributed by atoms with Crippen molar-refractivity contribution in [2.75, 3.05) is 17.2 Å². The number of hydrogen-bond acceptors (Lipinski definition) is 5. The van der Waals surface area contributed by atoms with Crippen LogP contribution in [0.5, 0.6) is 5.75 Å². The number of halogens is 1. The molecule has 3 amide bonds. The van der Waals surface area contributed by atoms with E-state index in [0.717, 1.165) is 10.6 Å². The number of hydrazine groups is 1. The summed E-state index contributed by atoms with van der Waals surface area (Å²) in [6.45, 7) is 1.63. The molecule has 0 radical (unpaired) electrons. The van der Waals surface area contributed by atoms with Crippen LogP contribution in [-0.4, -0.2) is 36.1 Å². The summed E-state index contributed by atoms with van der Waals surface area (Å²) in [4.78, 5) is 38.9. The van der Waals surface area contributed by atoms with E-state index in [1.165, 1.54) is 36.9 Å². The number of fused-ring (bicyclic) bond motifs is 1. The number of rotatable bonds is 6. The van der Waals surface area contributed by atoms with E-state index in [4.69, 9.17) is 4.74 Å². The van der Waals surface area contributed by atoms with Crippen molar-refractivity contribution in [1.29, 1.82) is 0 Å². The molecule has 0 aromatic heterocycles. The lowest BCUT2D eigenvalue weighted by atomic mass is 10.2. The standard InChI is InChI=1S/C20H20FN3O4S/c1-13(28-16-8-4-2-6-14(16)21)20(27)23-22-18(25)10-11-24-15-7-3-5-9-17(15)29-12-19(24)26/h2-9,13H,10-12H2,1H3,(H,22,25)(H,23,27)/t13-/m1/s1. The van der Waals surface area contributed by atoms with E-state index in [-0.39, 0.29) is 24.6 Å². The molecule has 7 nitrogen and oxygen atoms in total. The number of thioether (sulfide) groups is 1. The maximum Gasteiger partial charge on any atom is 0.279 e. The van der Waals surface area contributed by atoms with E-state index in [2.05, 4.69) is 10.9 Å². The van der Waals surface area contributed by atoms with Gasteiger partial charge in [-0.25, -0.2) is 4.39 Å². The van der Waals surface area contributed by atoms with Gasteiger partial charge in [0.2, 0.25) is 11.8 Å². The topological polar surface area (TPSA) is 87.7 Å². The van der Waals surface area contributed by atoms with Crippen LogP contribution in [0, 0.1) is 5.82 Å². The number of hydrogen-bond donors (Lipinski definition) is 2. The molecule has 1 aliphatic heterocycles. The van der Waals surface area contributed by atoms with Crippen LogP contribution in [0.3, 0.4) is 0 Å². The molecule has 0 saturated heterocycles. The van der Waals surface area contributed by atoms with Gasteiger partial charge in [-0.3, -0.25) is 25.2 Å². The Labute approximate surface area is 171 Å². The molecule has 1 aliphatic rings. The Morgan fingerprint density at radius 2 is 1.90 bits per heavy atom. The summed E-state index contributed by atoms with van der Waals surface area (Å²) in [6.07, 6.45) is -1.01. The van der Waals surface area contributed by atoms with Gasteiger partial charge in [0, 0.05) is 17.9 Å². The molecule has 3 rings (SSSR count). The first-order chi connectivity index (χ1) is 14.0. The van der Waals surface area contributed by atoms with E-state index in [1.54, 1.807) is 11.0 Å². The summed E-state index contributed by atoms with van der Waals surface area (Å²) >= 11 is 1.46. The van der Waals surface area contributed by atoms with E-state index in [9.17, 15) is 18.8 Å². The Morgan fingerprint density at radius 3 is 2.69 bits per heavy atom. The number of anilines is 1. The van der Waals surface area contributed by atoms with E-state index in [1.807, 2.05) is 24.3 Å². The van der Waals surface area contributed by atoms with Crippen molar-refractivity contribution in [3.63, 3.8) is 0 Å². The minimum atomic E-state index is -1.01. The fourth-order valence-corrected chi connectivity index (χ4v) is 3.63. The Hall–Kier alpha value is -3.07. The lowest BCUT2D eigenvalue weighted by Gasteiger charge is -2.28. The van der Waals surface area contributed by atoms with Gasteiger partial charge in [0.05, 0.1) is 11.4 Å². The van der Waals surface area contributed by atoms with Crippen molar-refractivity contribution >= 4 is 35.2 Å². The molecule has 29 heavy (non-hydrogen) atoms. The number of carbonyl (C=O) groups is 3. The van der Waals surface area contributed by atoms with E-state index >= 15 is 0 Å². The minimum Gasteiger partial charge on any atom is -0.478 e. The van der Waals surface area contributed by atoms with Crippen molar-refractivity contribution in [1.82, 2.24) is 10.9 Å². The van der Waals surface area contributed by atoms with Gasteiger partial charge >= 0.3 is 0 Å². The fraction of sp³-hybridized carbons (Fsp3) is 0.250. The molecule has 2 aromatic carbocycles. The highest BCUT2D eigenvalue weighted by atomic mass is 32.2. The van der Waals surface area contributed by atoms with Crippen LogP contribution < -0.4 is 20.5 Å². The van der Waals surface area contributed by atoms with Crippen LogP contribution >= 0.6 is 11.8 Å². The number of carbonyl (C=O) groups excluding carboxylic acids is 3. The predicted molar refractivity (Wildman–Crippen MR) is 107 cm³/mol. The molecular formula is C20H20FN3O4S. The Morgan fingerprint density at radius 1 is 1.17 bits per heavy atom. The molecule has 0 spiro atoms. The quantitative estimate of drug-likeness (QED) is 0.704. The monoisotopic (exact) mass is 417 g/mol. The lowest BCUT2D eigenvalue weighted by molar-refractivity contribution is -0.132. The number of nitrogens with one attached hydrogen (secondary N) is 2. The van der Waals surface area contributed by atoms with Gasteiger partial charge in [-0.2, -0.15) is 0 Å². The summed E-state index contributed by atoms with van der Waals surface area (Å²) in [7, 11) is 0. The van der Waals surface area contributed by atoms with Crippen molar-refractivity contribution in [2.45, 2.75) is 24.3 Å². The first kappa shape index (κ1) is 20.7. The molecule has 0 bridgehead atoms. The highest BCUT2D eigenvalue weighted by Gasteiger charge is 2.25. The molecule has 1 heterocycles. The molecule has 0 saturated carbocycles. The van der Waals surface area contributed by atoms with Gasteiger partial charge in [0.1, 0.15) is 0 Å². The Balaban J connectivity index is 1.47. The molecule has 0 aliphatic carbocycles. The smallest absolute Gasteiger partial charge is 0.279 e. The maximum absolute atomic E-state index is 13.6. The third kappa shape index (κ3) is 5.26. The number of amides is 3. The predicted octanol–water partition coefficient (Wildman–Crippen LogP) is 2.27. The molecule has 0 unspecified atom stereocenters. The molecule has 2 N–H and O–H groups in total. The van der Waals surface area contributed by atoms with Crippen LogP contribution in [0.25, 0.3) is 0 Å². The summed E-state index contributed by atoms with van der Waals surface area (Å²) in [5.41, 5.74) is 5.31. The third-order valence-corrected chi connectivity index (χ3v) is 5.25. The zero-order valence-corrected chi connectivity index (χ0v) is 16.5. The Kier molecular flexibility index (Phi) is 6.71. The first-order valence-electron chi connectivity index (χ1n) is 8.98. The van der Waals surface area contributed by atoms with Gasteiger partial charge < -0.3 is 9.64 Å². The second-order valence-corrected chi connectivity index (χ2v) is 7.30. The highest BCUT2D eigenvalue weighted by molar-refractivity contribution is 8.00. The first-order valence-corrected chi connectivity index (χ1v) is 9.96. The zero-order chi connectivity index (χ0) is 20.8.